The Kier molecular flexibility index (Phi) is 5.93. The first-order valence-corrected chi connectivity index (χ1v) is 11.2. The van der Waals surface area contributed by atoms with Crippen LogP contribution in [0, 0.1) is 0 Å². The molecule has 0 bridgehead atoms. The van der Waals surface area contributed by atoms with Crippen molar-refractivity contribution in [3.63, 3.8) is 0 Å². The SMILES string of the molecule is COc1ccc(NC(=O)c2cnc3ccccc3n2)cc1S(=O)(=O)Nc1ccccc1Cl. The number of aromatic nitrogens is 2. The van der Waals surface area contributed by atoms with Crippen molar-refractivity contribution in [2.24, 2.45) is 0 Å². The molecule has 2 N–H and O–H groups in total. The third kappa shape index (κ3) is 4.48. The summed E-state index contributed by atoms with van der Waals surface area (Å²) in [6, 6.07) is 17.9. The van der Waals surface area contributed by atoms with Gasteiger partial charge >= 0.3 is 0 Å². The van der Waals surface area contributed by atoms with Crippen molar-refractivity contribution < 1.29 is 17.9 Å². The molecule has 4 rings (SSSR count). The minimum Gasteiger partial charge on any atom is -0.495 e. The van der Waals surface area contributed by atoms with E-state index >= 15 is 0 Å². The third-order valence-corrected chi connectivity index (χ3v) is 6.23. The molecule has 32 heavy (non-hydrogen) atoms. The van der Waals surface area contributed by atoms with Crippen LogP contribution in [0.3, 0.4) is 0 Å². The molecular formula is C22H17ClN4O4S. The summed E-state index contributed by atoms with van der Waals surface area (Å²) < 4.78 is 33.6. The Morgan fingerprint density at radius 1 is 1.00 bits per heavy atom. The molecule has 8 nitrogen and oxygen atoms in total. The van der Waals surface area contributed by atoms with Crippen LogP contribution in [0.2, 0.25) is 5.02 Å². The van der Waals surface area contributed by atoms with Gasteiger partial charge in [-0.3, -0.25) is 14.5 Å². The van der Waals surface area contributed by atoms with E-state index in [2.05, 4.69) is 20.0 Å². The Bertz CT molecular complexity index is 1430. The number of rotatable bonds is 6. The second-order valence-corrected chi connectivity index (χ2v) is 8.71. The average molecular weight is 469 g/mol. The molecule has 3 aromatic carbocycles. The number of methoxy groups -OCH3 is 1. The lowest BCUT2D eigenvalue weighted by Crippen LogP contribution is -2.17. The van der Waals surface area contributed by atoms with Crippen LogP contribution in [0.25, 0.3) is 11.0 Å². The van der Waals surface area contributed by atoms with E-state index in [0.29, 0.717) is 11.0 Å². The number of benzene rings is 3. The molecule has 0 saturated carbocycles. The molecule has 0 aliphatic carbocycles. The molecule has 10 heteroatoms. The van der Waals surface area contributed by atoms with Crippen molar-refractivity contribution in [1.82, 2.24) is 9.97 Å². The highest BCUT2D eigenvalue weighted by Crippen LogP contribution is 2.31. The van der Waals surface area contributed by atoms with E-state index in [1.165, 1.54) is 37.6 Å². The zero-order valence-electron chi connectivity index (χ0n) is 16.7. The molecule has 162 valence electrons. The van der Waals surface area contributed by atoms with Crippen LogP contribution in [0.5, 0.6) is 5.75 Å². The maximum Gasteiger partial charge on any atom is 0.275 e. The van der Waals surface area contributed by atoms with Gasteiger partial charge in [0, 0.05) is 5.69 Å². The van der Waals surface area contributed by atoms with Crippen molar-refractivity contribution in [3.8, 4) is 5.75 Å². The van der Waals surface area contributed by atoms with E-state index in [-0.39, 0.29) is 32.7 Å². The summed E-state index contributed by atoms with van der Waals surface area (Å²) in [5, 5.41) is 2.89. The first-order valence-electron chi connectivity index (χ1n) is 9.36. The number of anilines is 2. The van der Waals surface area contributed by atoms with Crippen LogP contribution in [0.1, 0.15) is 10.5 Å². The number of para-hydroxylation sites is 3. The van der Waals surface area contributed by atoms with Gasteiger partial charge in [0.1, 0.15) is 16.3 Å². The van der Waals surface area contributed by atoms with Crippen molar-refractivity contribution in [2.75, 3.05) is 17.1 Å². The van der Waals surface area contributed by atoms with Gasteiger partial charge in [-0.05, 0) is 42.5 Å². The number of halogens is 1. The van der Waals surface area contributed by atoms with Crippen molar-refractivity contribution in [2.45, 2.75) is 4.90 Å². The van der Waals surface area contributed by atoms with Crippen LogP contribution >= 0.6 is 11.6 Å². The number of sulfonamides is 1. The van der Waals surface area contributed by atoms with Gasteiger partial charge in [-0.2, -0.15) is 0 Å². The van der Waals surface area contributed by atoms with Gasteiger partial charge in [0.25, 0.3) is 15.9 Å². The zero-order valence-corrected chi connectivity index (χ0v) is 18.3. The lowest BCUT2D eigenvalue weighted by atomic mass is 10.2. The molecule has 0 unspecified atom stereocenters. The number of hydrogen-bond donors (Lipinski definition) is 2. The fourth-order valence-corrected chi connectivity index (χ4v) is 4.48. The fraction of sp³-hybridized carbons (Fsp3) is 0.0455. The van der Waals surface area contributed by atoms with Crippen LogP contribution in [-0.2, 0) is 10.0 Å². The Balaban J connectivity index is 1.63. The molecular weight excluding hydrogens is 452 g/mol. The number of amides is 1. The van der Waals surface area contributed by atoms with Crippen LogP contribution in [0.4, 0.5) is 11.4 Å². The van der Waals surface area contributed by atoms with Crippen molar-refractivity contribution in [3.05, 3.63) is 83.6 Å². The Morgan fingerprint density at radius 3 is 2.47 bits per heavy atom. The molecule has 4 aromatic rings. The van der Waals surface area contributed by atoms with Gasteiger partial charge in [-0.15, -0.1) is 0 Å². The number of ether oxygens (including phenoxy) is 1. The van der Waals surface area contributed by atoms with E-state index in [4.69, 9.17) is 16.3 Å². The summed E-state index contributed by atoms with van der Waals surface area (Å²) in [7, 11) is -2.72. The normalized spacial score (nSPS) is 11.2. The van der Waals surface area contributed by atoms with Gasteiger partial charge in [-0.25, -0.2) is 13.4 Å². The largest absolute Gasteiger partial charge is 0.495 e. The van der Waals surface area contributed by atoms with Gasteiger partial charge < -0.3 is 10.1 Å². The van der Waals surface area contributed by atoms with Gasteiger partial charge in [0.15, 0.2) is 0 Å². The fourth-order valence-electron chi connectivity index (χ4n) is 2.97. The molecule has 0 aliphatic heterocycles. The van der Waals surface area contributed by atoms with E-state index < -0.39 is 15.9 Å². The van der Waals surface area contributed by atoms with Crippen molar-refractivity contribution in [1.29, 1.82) is 0 Å². The predicted octanol–water partition coefficient (Wildman–Crippen LogP) is 4.34. The standard InChI is InChI=1S/C22H17ClN4O4S/c1-31-20-11-10-14(12-21(20)32(29,30)27-16-7-3-2-6-15(16)23)25-22(28)19-13-24-17-8-4-5-9-18(17)26-19/h2-13,27H,1H3,(H,25,28). The maximum absolute atomic E-state index is 13.0. The number of carbonyl (C=O) groups excluding carboxylic acids is 1. The van der Waals surface area contributed by atoms with E-state index in [1.54, 1.807) is 36.4 Å². The molecule has 0 spiro atoms. The van der Waals surface area contributed by atoms with Crippen LogP contribution in [0.15, 0.2) is 77.8 Å². The minimum absolute atomic E-state index is 0.0955. The summed E-state index contributed by atoms with van der Waals surface area (Å²) in [5.41, 5.74) is 1.79. The first-order chi connectivity index (χ1) is 15.4. The third-order valence-electron chi connectivity index (χ3n) is 4.51. The lowest BCUT2D eigenvalue weighted by molar-refractivity contribution is 0.102. The summed E-state index contributed by atoms with van der Waals surface area (Å²) in [5.74, 6) is -0.427. The van der Waals surface area contributed by atoms with Gasteiger partial charge in [0.05, 0.1) is 35.1 Å². The second kappa shape index (κ2) is 8.81. The van der Waals surface area contributed by atoms with E-state index in [0.717, 1.165) is 0 Å². The molecule has 0 radical (unpaired) electrons. The quantitative estimate of drug-likeness (QED) is 0.435. The molecule has 0 saturated heterocycles. The predicted molar refractivity (Wildman–Crippen MR) is 123 cm³/mol. The van der Waals surface area contributed by atoms with Gasteiger partial charge in [-0.1, -0.05) is 35.9 Å². The Morgan fingerprint density at radius 2 is 1.72 bits per heavy atom. The molecule has 1 amide bonds. The summed E-state index contributed by atoms with van der Waals surface area (Å²) in [4.78, 5) is 21.0. The molecule has 0 aliphatic rings. The highest BCUT2D eigenvalue weighted by atomic mass is 35.5. The zero-order chi connectivity index (χ0) is 22.7. The number of carbonyl (C=O) groups is 1. The summed E-state index contributed by atoms with van der Waals surface area (Å²) >= 11 is 6.07. The number of fused-ring (bicyclic) bond motifs is 1. The molecule has 1 heterocycles. The van der Waals surface area contributed by atoms with Crippen LogP contribution in [-0.4, -0.2) is 31.4 Å². The summed E-state index contributed by atoms with van der Waals surface area (Å²) in [6.07, 6.45) is 1.36. The molecule has 0 atom stereocenters. The maximum atomic E-state index is 13.0. The highest BCUT2D eigenvalue weighted by Gasteiger charge is 2.22. The first kappa shape index (κ1) is 21.5. The number of hydrogen-bond acceptors (Lipinski definition) is 6. The topological polar surface area (TPSA) is 110 Å². The summed E-state index contributed by atoms with van der Waals surface area (Å²) in [6.45, 7) is 0. The highest BCUT2D eigenvalue weighted by molar-refractivity contribution is 7.92. The average Bonchev–Trinajstić information content (AvgIpc) is 2.80. The Hall–Kier alpha value is -3.69. The minimum atomic E-state index is -4.07. The van der Waals surface area contributed by atoms with Crippen molar-refractivity contribution >= 4 is 49.9 Å². The van der Waals surface area contributed by atoms with E-state index in [9.17, 15) is 13.2 Å². The number of nitrogens with one attached hydrogen (secondary N) is 2. The number of nitrogens with zero attached hydrogens (tertiary/aromatic N) is 2. The monoisotopic (exact) mass is 468 g/mol. The van der Waals surface area contributed by atoms with Gasteiger partial charge in [0.2, 0.25) is 0 Å². The Labute approximate surface area is 189 Å². The van der Waals surface area contributed by atoms with Crippen LogP contribution < -0.4 is 14.8 Å². The lowest BCUT2D eigenvalue weighted by Gasteiger charge is -2.14. The molecule has 0 fully saturated rings. The van der Waals surface area contributed by atoms with E-state index in [1.807, 2.05) is 6.07 Å². The molecule has 1 aromatic heterocycles. The second-order valence-electron chi connectivity index (χ2n) is 6.65. The smallest absolute Gasteiger partial charge is 0.275 e.